The van der Waals surface area contributed by atoms with Crippen molar-refractivity contribution in [1.82, 2.24) is 0 Å². The molecule has 0 aliphatic heterocycles. The molecule has 0 heterocycles. The van der Waals surface area contributed by atoms with Gasteiger partial charge in [-0.2, -0.15) is 0 Å². The van der Waals surface area contributed by atoms with Crippen molar-refractivity contribution >= 4 is 0 Å². The van der Waals surface area contributed by atoms with Crippen LogP contribution < -0.4 is 0 Å². The topological polar surface area (TPSA) is 0 Å². The van der Waals surface area contributed by atoms with E-state index in [1.165, 1.54) is 103 Å². The molecule has 0 N–H and O–H groups in total. The fourth-order valence-corrected chi connectivity index (χ4v) is 7.66. The summed E-state index contributed by atoms with van der Waals surface area (Å²) in [5.74, 6) is 7.61. The zero-order chi connectivity index (χ0) is 20.6. The van der Waals surface area contributed by atoms with E-state index in [9.17, 15) is 0 Å². The van der Waals surface area contributed by atoms with E-state index in [2.05, 4.69) is 0 Å². The van der Waals surface area contributed by atoms with Crippen LogP contribution in [-0.4, -0.2) is 0 Å². The van der Waals surface area contributed by atoms with Crippen molar-refractivity contribution in [1.29, 1.82) is 0 Å². The lowest BCUT2D eigenvalue weighted by Gasteiger charge is -2.33. The van der Waals surface area contributed by atoms with E-state index < -0.39 is 0 Å². The molecule has 8 saturated carbocycles. The first kappa shape index (κ1) is 18.3. The highest BCUT2D eigenvalue weighted by molar-refractivity contribution is 5.67. The van der Waals surface area contributed by atoms with Crippen molar-refractivity contribution in [2.45, 2.75) is 103 Å². The molecular weight excluding hydrogens is 384 g/mol. The van der Waals surface area contributed by atoms with Crippen LogP contribution in [0.1, 0.15) is 103 Å². The standard InChI is InChI=1S/C32H40/c1-2-17(1)25-26(18-3-4-18)28(20-7-8-20)30(22-11-12-22)32(24-15-16-24)31(23-13-14-23)29(21-9-10-21)27(25)19-5-6-19/h17-24H,1-16H2/b26-25-,27-25?,28-26?,29-27-,30-28-,31-29?,32-30?,32-31-. The van der Waals surface area contributed by atoms with Crippen molar-refractivity contribution in [2.24, 2.45) is 47.3 Å². The molecule has 0 spiro atoms. The van der Waals surface area contributed by atoms with Gasteiger partial charge in [-0.25, -0.2) is 0 Å². The summed E-state index contributed by atoms with van der Waals surface area (Å²) in [5.41, 5.74) is 16.3. The molecule has 9 rings (SSSR count). The molecule has 0 amide bonds. The fraction of sp³-hybridized carbons (Fsp3) is 0.750. The van der Waals surface area contributed by atoms with Crippen LogP contribution in [0.5, 0.6) is 0 Å². The third-order valence-corrected chi connectivity index (χ3v) is 10.2. The summed E-state index contributed by atoms with van der Waals surface area (Å²) in [6.07, 6.45) is 24.1. The first-order valence-electron chi connectivity index (χ1n) is 14.8. The monoisotopic (exact) mass is 424 g/mol. The zero-order valence-electron chi connectivity index (χ0n) is 19.9. The summed E-state index contributed by atoms with van der Waals surface area (Å²) in [7, 11) is 0. The SMILES string of the molecule is C1CC1C1=C(C2CC2)/C(C2CC2)=C(C2CC2)\C(C2CC2)=C(C2CC2)/C(C2CC2)=C\1C1CC1. The molecule has 32 heavy (non-hydrogen) atoms. The first-order chi connectivity index (χ1) is 15.9. The Labute approximate surface area is 194 Å². The first-order valence-corrected chi connectivity index (χ1v) is 14.8. The predicted molar refractivity (Wildman–Crippen MR) is 130 cm³/mol. The summed E-state index contributed by atoms with van der Waals surface area (Å²) in [4.78, 5) is 0. The van der Waals surface area contributed by atoms with Gasteiger partial charge in [0.15, 0.2) is 0 Å². The Morgan fingerprint density at radius 3 is 0.344 bits per heavy atom. The van der Waals surface area contributed by atoms with Crippen molar-refractivity contribution in [3.05, 3.63) is 44.6 Å². The zero-order valence-corrected chi connectivity index (χ0v) is 19.9. The Hall–Kier alpha value is -1.04. The van der Waals surface area contributed by atoms with Crippen LogP contribution in [0.3, 0.4) is 0 Å². The fourth-order valence-electron chi connectivity index (χ4n) is 7.66. The summed E-state index contributed by atoms with van der Waals surface area (Å²) < 4.78 is 0. The van der Waals surface area contributed by atoms with Crippen LogP contribution in [0.2, 0.25) is 0 Å². The molecule has 168 valence electrons. The molecule has 0 saturated heterocycles. The lowest BCUT2D eigenvalue weighted by atomic mass is 9.71. The number of rotatable bonds is 8. The van der Waals surface area contributed by atoms with E-state index in [1.807, 2.05) is 44.6 Å². The van der Waals surface area contributed by atoms with Crippen LogP contribution in [0.4, 0.5) is 0 Å². The average Bonchev–Trinajstić information content (AvgIpc) is 3.54. The maximum atomic E-state index is 2.03. The Kier molecular flexibility index (Phi) is 3.63. The molecule has 0 heteroatoms. The van der Waals surface area contributed by atoms with Gasteiger partial charge in [-0.1, -0.05) is 0 Å². The molecule has 0 unspecified atom stereocenters. The van der Waals surface area contributed by atoms with Crippen molar-refractivity contribution in [3.8, 4) is 0 Å². The predicted octanol–water partition coefficient (Wildman–Crippen LogP) is 8.47. The molecule has 9 aliphatic carbocycles. The normalized spacial score (nSPS) is 43.5. The quantitative estimate of drug-likeness (QED) is 0.366. The average molecular weight is 425 g/mol. The van der Waals surface area contributed by atoms with Gasteiger partial charge in [0.05, 0.1) is 0 Å². The second-order valence-corrected chi connectivity index (χ2v) is 13.5. The van der Waals surface area contributed by atoms with Crippen LogP contribution in [-0.2, 0) is 0 Å². The van der Waals surface area contributed by atoms with E-state index in [1.54, 1.807) is 0 Å². The van der Waals surface area contributed by atoms with Gasteiger partial charge in [0.2, 0.25) is 0 Å². The third kappa shape index (κ3) is 2.99. The maximum Gasteiger partial charge on any atom is -0.0156 e. The smallest absolute Gasteiger partial charge is 0.0156 e. The van der Waals surface area contributed by atoms with Crippen LogP contribution >= 0.6 is 0 Å². The van der Waals surface area contributed by atoms with Gasteiger partial charge in [-0.15, -0.1) is 0 Å². The summed E-state index contributed by atoms with van der Waals surface area (Å²) in [6, 6.07) is 0. The molecule has 9 aliphatic rings. The Balaban J connectivity index is 1.41. The molecule has 0 aromatic heterocycles. The highest BCUT2D eigenvalue weighted by Crippen LogP contribution is 2.66. The van der Waals surface area contributed by atoms with E-state index in [0.29, 0.717) is 0 Å². The number of hydrogen-bond acceptors (Lipinski definition) is 0. The van der Waals surface area contributed by atoms with E-state index >= 15 is 0 Å². The molecule has 0 aromatic rings. The van der Waals surface area contributed by atoms with Gasteiger partial charge < -0.3 is 0 Å². The summed E-state index contributed by atoms with van der Waals surface area (Å²) in [5, 5.41) is 0. The number of allylic oxidation sites excluding steroid dienone is 8. The van der Waals surface area contributed by atoms with Crippen LogP contribution in [0.25, 0.3) is 0 Å². The van der Waals surface area contributed by atoms with Crippen molar-refractivity contribution < 1.29 is 0 Å². The van der Waals surface area contributed by atoms with Gasteiger partial charge in [-0.05, 0) is 195 Å². The second kappa shape index (κ2) is 6.34. The minimum absolute atomic E-state index is 0.951. The summed E-state index contributed by atoms with van der Waals surface area (Å²) in [6.45, 7) is 0. The van der Waals surface area contributed by atoms with Crippen molar-refractivity contribution in [2.75, 3.05) is 0 Å². The molecule has 0 nitrogen and oxygen atoms in total. The molecule has 0 bridgehead atoms. The lowest BCUT2D eigenvalue weighted by Crippen LogP contribution is -2.18. The minimum Gasteiger partial charge on any atom is -0.0458 e. The van der Waals surface area contributed by atoms with Crippen molar-refractivity contribution in [3.63, 3.8) is 0 Å². The maximum absolute atomic E-state index is 2.03. The Morgan fingerprint density at radius 1 is 0.188 bits per heavy atom. The van der Waals surface area contributed by atoms with E-state index in [-0.39, 0.29) is 0 Å². The Bertz CT molecular complexity index is 740. The van der Waals surface area contributed by atoms with Gasteiger partial charge in [0.1, 0.15) is 0 Å². The molecule has 0 atom stereocenters. The van der Waals surface area contributed by atoms with Crippen LogP contribution in [0, 0.1) is 47.3 Å². The highest BCUT2D eigenvalue weighted by Gasteiger charge is 2.52. The lowest BCUT2D eigenvalue weighted by molar-refractivity contribution is 0.756. The highest BCUT2D eigenvalue weighted by atomic mass is 14.6. The minimum atomic E-state index is 0.951. The second-order valence-electron chi connectivity index (χ2n) is 13.5. The number of hydrogen-bond donors (Lipinski definition) is 0. The molecule has 0 aromatic carbocycles. The molecule has 8 fully saturated rings. The van der Waals surface area contributed by atoms with E-state index in [4.69, 9.17) is 0 Å². The van der Waals surface area contributed by atoms with Crippen LogP contribution in [0.15, 0.2) is 44.6 Å². The van der Waals surface area contributed by atoms with Gasteiger partial charge in [-0.3, -0.25) is 0 Å². The molecular formula is C32H40. The summed E-state index contributed by atoms with van der Waals surface area (Å²) >= 11 is 0. The largest absolute Gasteiger partial charge is 0.0458 e. The molecule has 0 radical (unpaired) electrons. The van der Waals surface area contributed by atoms with E-state index in [0.717, 1.165) is 47.3 Å². The van der Waals surface area contributed by atoms with Gasteiger partial charge >= 0.3 is 0 Å². The van der Waals surface area contributed by atoms with Gasteiger partial charge in [0.25, 0.3) is 0 Å². The third-order valence-electron chi connectivity index (χ3n) is 10.2. The van der Waals surface area contributed by atoms with Gasteiger partial charge in [0, 0.05) is 0 Å². The Morgan fingerprint density at radius 2 is 0.281 bits per heavy atom.